The number of aromatic nitrogens is 3. The van der Waals surface area contributed by atoms with Gasteiger partial charge < -0.3 is 9.44 Å². The first-order valence-corrected chi connectivity index (χ1v) is 21.6. The Bertz CT molecular complexity index is 1510. The summed E-state index contributed by atoms with van der Waals surface area (Å²) < 4.78 is 7.39. The van der Waals surface area contributed by atoms with Crippen LogP contribution in [0.5, 0.6) is 0 Å². The van der Waals surface area contributed by atoms with Crippen molar-refractivity contribution in [2.75, 3.05) is 9.44 Å². The van der Waals surface area contributed by atoms with Crippen LogP contribution < -0.4 is 9.44 Å². The third-order valence-electron chi connectivity index (χ3n) is 10.8. The number of fused-ring (bicyclic) bond motifs is 2. The minimum Gasteiger partial charge on any atom is -0.309 e. The van der Waals surface area contributed by atoms with Gasteiger partial charge in [0.15, 0.2) is 0 Å². The molecule has 0 saturated carbocycles. The number of unbranched alkanes of at least 4 members (excludes halogenated alkanes) is 3. The van der Waals surface area contributed by atoms with Crippen LogP contribution in [0.1, 0.15) is 139 Å². The van der Waals surface area contributed by atoms with E-state index in [1.165, 1.54) is 137 Å². The van der Waals surface area contributed by atoms with Crippen LogP contribution >= 0.6 is 34.8 Å². The monoisotopic (exact) mass is 707 g/mol. The summed E-state index contributed by atoms with van der Waals surface area (Å²) in [5.74, 6) is 2.08. The van der Waals surface area contributed by atoms with E-state index in [0.29, 0.717) is 5.92 Å². The van der Waals surface area contributed by atoms with Crippen LogP contribution in [0.4, 0.5) is 11.4 Å². The molecule has 0 saturated heterocycles. The molecular formula is C40H61N5S3. The van der Waals surface area contributed by atoms with Gasteiger partial charge in [0, 0.05) is 30.6 Å². The van der Waals surface area contributed by atoms with Crippen molar-refractivity contribution >= 4 is 57.2 Å². The summed E-state index contributed by atoms with van der Waals surface area (Å²) >= 11 is 5.45. The molecule has 0 fully saturated rings. The number of benzene rings is 1. The van der Waals surface area contributed by atoms with Crippen molar-refractivity contribution in [3.63, 3.8) is 0 Å². The predicted octanol–water partition coefficient (Wildman–Crippen LogP) is 13.6. The molecule has 8 heteroatoms. The molecule has 3 unspecified atom stereocenters. The largest absolute Gasteiger partial charge is 0.309 e. The van der Waals surface area contributed by atoms with E-state index in [2.05, 4.69) is 77.0 Å². The van der Waals surface area contributed by atoms with E-state index in [1.807, 2.05) is 27.5 Å². The zero-order valence-corrected chi connectivity index (χ0v) is 33.5. The van der Waals surface area contributed by atoms with E-state index in [4.69, 9.17) is 10.2 Å². The highest BCUT2D eigenvalue weighted by molar-refractivity contribution is 8.02. The summed E-state index contributed by atoms with van der Waals surface area (Å²) in [6.07, 6.45) is 17.5. The summed E-state index contributed by atoms with van der Waals surface area (Å²) in [5.41, 5.74) is 9.86. The summed E-state index contributed by atoms with van der Waals surface area (Å²) in [5, 5.41) is 10.7. The molecule has 3 aromatic heterocycles. The Morgan fingerprint density at radius 3 is 1.44 bits per heavy atom. The number of nitrogens with zero attached hydrogens (tertiary/aromatic N) is 3. The molecule has 1 aromatic carbocycles. The highest BCUT2D eigenvalue weighted by Crippen LogP contribution is 2.54. The van der Waals surface area contributed by atoms with Crippen molar-refractivity contribution in [3.8, 4) is 20.9 Å². The molecule has 1 aliphatic rings. The molecule has 3 atom stereocenters. The van der Waals surface area contributed by atoms with Crippen LogP contribution in [0, 0.1) is 31.6 Å². The smallest absolute Gasteiger partial charge is 0.124 e. The van der Waals surface area contributed by atoms with E-state index in [-0.39, 0.29) is 0 Å². The van der Waals surface area contributed by atoms with Gasteiger partial charge in [-0.1, -0.05) is 112 Å². The standard InChI is InChI=1S/C40H61N5S3/c1-9-15-18-28(12-4)21-31-23-33(46-26(31)7)35-37-38(42-45(41-37)25-30(14-6)20-17-11-3)36(40-39(35)43-48-44-40)34-24-32(27(8)47-34)22-29(13-5)19-16-10-2/h23-24,28-30,43-44H,9-22,25H2,1-8H3. The van der Waals surface area contributed by atoms with E-state index in [9.17, 15) is 0 Å². The Balaban J connectivity index is 1.63. The Hall–Kier alpha value is -2.03. The minimum atomic E-state index is 0.590. The Morgan fingerprint density at radius 2 is 1.04 bits per heavy atom. The van der Waals surface area contributed by atoms with Gasteiger partial charge in [0.05, 0.1) is 30.1 Å². The molecule has 4 aromatic rings. The molecule has 0 radical (unpaired) electrons. The van der Waals surface area contributed by atoms with Crippen molar-refractivity contribution in [1.82, 2.24) is 15.0 Å². The molecule has 0 bridgehead atoms. The molecule has 0 aliphatic carbocycles. The maximum Gasteiger partial charge on any atom is 0.124 e. The van der Waals surface area contributed by atoms with Gasteiger partial charge in [-0.2, -0.15) is 15.0 Å². The highest BCUT2D eigenvalue weighted by atomic mass is 32.2. The molecule has 48 heavy (non-hydrogen) atoms. The molecule has 5 nitrogen and oxygen atoms in total. The molecule has 5 rings (SSSR count). The zero-order chi connectivity index (χ0) is 34.2. The lowest BCUT2D eigenvalue weighted by Crippen LogP contribution is -2.12. The fourth-order valence-corrected chi connectivity index (χ4v) is 10.3. The van der Waals surface area contributed by atoms with Crippen molar-refractivity contribution in [2.45, 2.75) is 152 Å². The van der Waals surface area contributed by atoms with E-state index in [1.54, 1.807) is 12.1 Å². The third kappa shape index (κ3) is 8.46. The number of anilines is 2. The average molecular weight is 708 g/mol. The first-order chi connectivity index (χ1) is 23.3. The highest BCUT2D eigenvalue weighted by Gasteiger charge is 2.31. The van der Waals surface area contributed by atoms with Crippen LogP contribution in [0.25, 0.3) is 31.9 Å². The average Bonchev–Trinajstić information content (AvgIpc) is 3.89. The van der Waals surface area contributed by atoms with Gasteiger partial charge in [0.25, 0.3) is 0 Å². The number of nitrogens with one attached hydrogen (secondary N) is 2. The lowest BCUT2D eigenvalue weighted by atomic mass is 9.91. The second kappa shape index (κ2) is 17.8. The molecule has 264 valence electrons. The van der Waals surface area contributed by atoms with Gasteiger partial charge >= 0.3 is 0 Å². The maximum absolute atomic E-state index is 5.37. The van der Waals surface area contributed by atoms with Gasteiger partial charge in [-0.15, -0.1) is 22.7 Å². The lowest BCUT2D eigenvalue weighted by Gasteiger charge is -2.14. The van der Waals surface area contributed by atoms with Gasteiger partial charge in [-0.25, -0.2) is 0 Å². The van der Waals surface area contributed by atoms with Crippen molar-refractivity contribution in [2.24, 2.45) is 17.8 Å². The molecular weight excluding hydrogens is 647 g/mol. The Labute approximate surface area is 303 Å². The summed E-state index contributed by atoms with van der Waals surface area (Å²) in [6.45, 7) is 19.5. The fourth-order valence-electron chi connectivity index (χ4n) is 7.41. The van der Waals surface area contributed by atoms with Crippen LogP contribution in [-0.2, 0) is 19.4 Å². The summed E-state index contributed by atoms with van der Waals surface area (Å²) in [7, 11) is 0. The van der Waals surface area contributed by atoms with Gasteiger partial charge in [0.1, 0.15) is 11.0 Å². The van der Waals surface area contributed by atoms with E-state index >= 15 is 0 Å². The maximum atomic E-state index is 5.37. The molecule has 1 aliphatic heterocycles. The van der Waals surface area contributed by atoms with Gasteiger partial charge in [0.2, 0.25) is 0 Å². The normalized spacial score (nSPS) is 14.7. The second-order valence-corrected chi connectivity index (χ2v) is 17.4. The predicted molar refractivity (Wildman–Crippen MR) is 216 cm³/mol. The third-order valence-corrected chi connectivity index (χ3v) is 13.6. The number of aryl methyl sites for hydroxylation is 2. The summed E-state index contributed by atoms with van der Waals surface area (Å²) in [4.78, 5) is 7.55. The minimum absolute atomic E-state index is 0.590. The number of hydrogen-bond donors (Lipinski definition) is 2. The van der Waals surface area contributed by atoms with Crippen LogP contribution in [0.3, 0.4) is 0 Å². The van der Waals surface area contributed by atoms with E-state index in [0.717, 1.165) is 35.8 Å². The fraction of sp³-hybridized carbons (Fsp3) is 0.650. The van der Waals surface area contributed by atoms with Gasteiger partial charge in [-0.05, 0) is 74.1 Å². The zero-order valence-electron chi connectivity index (χ0n) is 31.1. The number of thiophene rings is 2. The molecule has 0 spiro atoms. The second-order valence-electron chi connectivity index (χ2n) is 14.3. The summed E-state index contributed by atoms with van der Waals surface area (Å²) in [6, 6.07) is 4.97. The lowest BCUT2D eigenvalue weighted by molar-refractivity contribution is 0.351. The quantitative estimate of drug-likeness (QED) is 0.0896. The Kier molecular flexibility index (Phi) is 13.8. The molecule has 2 N–H and O–H groups in total. The van der Waals surface area contributed by atoms with Crippen LogP contribution in [0.15, 0.2) is 12.1 Å². The Morgan fingerprint density at radius 1 is 0.625 bits per heavy atom. The van der Waals surface area contributed by atoms with Crippen molar-refractivity contribution < 1.29 is 0 Å². The number of hydrogen-bond acceptors (Lipinski definition) is 7. The first-order valence-electron chi connectivity index (χ1n) is 19.2. The first kappa shape index (κ1) is 37.2. The number of rotatable bonds is 20. The van der Waals surface area contributed by atoms with Crippen LogP contribution in [-0.4, -0.2) is 15.0 Å². The topological polar surface area (TPSA) is 54.8 Å². The van der Waals surface area contributed by atoms with E-state index < -0.39 is 0 Å². The molecule has 4 heterocycles. The van der Waals surface area contributed by atoms with Crippen molar-refractivity contribution in [1.29, 1.82) is 0 Å². The van der Waals surface area contributed by atoms with Crippen LogP contribution in [0.2, 0.25) is 0 Å². The van der Waals surface area contributed by atoms with Gasteiger partial charge in [-0.3, -0.25) is 0 Å². The SMILES string of the molecule is CCCCC(CC)Cc1cc(-c2c3c(c(-c4cc(CC(CC)CCCC)c(C)s4)c4nn(CC(CC)CCCC)nc24)NSN3)sc1C. The molecule has 0 amide bonds. The van der Waals surface area contributed by atoms with Crippen molar-refractivity contribution in [3.05, 3.63) is 33.0 Å².